The zero-order chi connectivity index (χ0) is 14.3. The van der Waals surface area contributed by atoms with E-state index >= 15 is 0 Å². The van der Waals surface area contributed by atoms with E-state index in [1.807, 2.05) is 7.05 Å². The van der Waals surface area contributed by atoms with E-state index < -0.39 is 10.0 Å². The molecule has 0 spiro atoms. The van der Waals surface area contributed by atoms with Crippen molar-refractivity contribution in [1.82, 2.24) is 14.2 Å². The van der Waals surface area contributed by atoms with Crippen LogP contribution < -0.4 is 10.5 Å². The molecule has 0 bridgehead atoms. The van der Waals surface area contributed by atoms with Crippen LogP contribution in [0, 0.1) is 0 Å². The van der Waals surface area contributed by atoms with Crippen molar-refractivity contribution in [3.8, 4) is 0 Å². The van der Waals surface area contributed by atoms with Gasteiger partial charge < -0.3 is 10.3 Å². The second-order valence-electron chi connectivity index (χ2n) is 5.82. The molecule has 112 valence electrons. The number of aryl methyl sites for hydroxylation is 1. The highest BCUT2D eigenvalue weighted by Crippen LogP contribution is 2.30. The van der Waals surface area contributed by atoms with E-state index in [4.69, 9.17) is 5.73 Å². The molecule has 3 N–H and O–H groups in total. The molecule has 1 unspecified atom stereocenters. The summed E-state index contributed by atoms with van der Waals surface area (Å²) in [5, 5.41) is 0. The highest BCUT2D eigenvalue weighted by Gasteiger charge is 2.35. The molecule has 0 radical (unpaired) electrons. The number of aromatic nitrogens is 1. The lowest BCUT2D eigenvalue weighted by Crippen LogP contribution is -2.37. The van der Waals surface area contributed by atoms with E-state index in [1.165, 1.54) is 12.8 Å². The highest BCUT2D eigenvalue weighted by atomic mass is 32.2. The van der Waals surface area contributed by atoms with Gasteiger partial charge in [-0.05, 0) is 25.3 Å². The van der Waals surface area contributed by atoms with E-state index in [-0.39, 0.29) is 6.04 Å². The van der Waals surface area contributed by atoms with Crippen molar-refractivity contribution in [2.75, 3.05) is 13.1 Å². The third-order valence-electron chi connectivity index (χ3n) is 4.21. The molecule has 1 aromatic rings. The van der Waals surface area contributed by atoms with Gasteiger partial charge in [0, 0.05) is 50.7 Å². The predicted molar refractivity (Wildman–Crippen MR) is 76.6 cm³/mol. The first-order valence-corrected chi connectivity index (χ1v) is 8.59. The fourth-order valence-corrected chi connectivity index (χ4v) is 4.22. The first kappa shape index (κ1) is 14.1. The molecular weight excluding hydrogens is 276 g/mol. The zero-order valence-electron chi connectivity index (χ0n) is 11.7. The van der Waals surface area contributed by atoms with Crippen molar-refractivity contribution in [1.29, 1.82) is 0 Å². The summed E-state index contributed by atoms with van der Waals surface area (Å²) in [6, 6.07) is 2.38. The maximum absolute atomic E-state index is 12.4. The van der Waals surface area contributed by atoms with Gasteiger partial charge >= 0.3 is 0 Å². The van der Waals surface area contributed by atoms with Gasteiger partial charge in [0.25, 0.3) is 0 Å². The SMILES string of the molecule is Cn1cc(S(=O)(=O)NC2CCN(C3CC3)C2)cc1CN. The molecule has 1 aliphatic heterocycles. The molecule has 3 rings (SSSR count). The van der Waals surface area contributed by atoms with Crippen LogP contribution >= 0.6 is 0 Å². The summed E-state index contributed by atoms with van der Waals surface area (Å²) in [6.45, 7) is 2.17. The normalized spacial score (nSPS) is 24.4. The zero-order valence-corrected chi connectivity index (χ0v) is 12.6. The maximum Gasteiger partial charge on any atom is 0.242 e. The lowest BCUT2D eigenvalue weighted by Gasteiger charge is -2.15. The Bertz CT molecular complexity index is 592. The highest BCUT2D eigenvalue weighted by molar-refractivity contribution is 7.89. The first-order valence-electron chi connectivity index (χ1n) is 7.11. The number of sulfonamides is 1. The topological polar surface area (TPSA) is 80.4 Å². The number of nitrogens with two attached hydrogens (primary N) is 1. The van der Waals surface area contributed by atoms with Crippen molar-refractivity contribution in [2.45, 2.75) is 42.8 Å². The van der Waals surface area contributed by atoms with Crippen LogP contribution in [0.15, 0.2) is 17.2 Å². The third-order valence-corrected chi connectivity index (χ3v) is 5.69. The summed E-state index contributed by atoms with van der Waals surface area (Å²) in [5.74, 6) is 0. The fraction of sp³-hybridized carbons (Fsp3) is 0.692. The predicted octanol–water partition coefficient (Wildman–Crippen LogP) is -0.00120. The molecule has 2 aliphatic rings. The minimum absolute atomic E-state index is 0.0298. The lowest BCUT2D eigenvalue weighted by atomic mass is 10.3. The Morgan fingerprint density at radius 2 is 2.15 bits per heavy atom. The van der Waals surface area contributed by atoms with Crippen LogP contribution in [0.4, 0.5) is 0 Å². The average Bonchev–Trinajstić information content (AvgIpc) is 3.02. The van der Waals surface area contributed by atoms with Gasteiger partial charge in [-0.3, -0.25) is 4.90 Å². The van der Waals surface area contributed by atoms with Crippen LogP contribution in [0.5, 0.6) is 0 Å². The van der Waals surface area contributed by atoms with Gasteiger partial charge in [-0.2, -0.15) is 0 Å². The van der Waals surface area contributed by atoms with Crippen molar-refractivity contribution in [2.24, 2.45) is 12.8 Å². The quantitative estimate of drug-likeness (QED) is 0.802. The van der Waals surface area contributed by atoms with Gasteiger partial charge in [0.05, 0.1) is 4.90 Å². The van der Waals surface area contributed by atoms with Crippen molar-refractivity contribution in [3.63, 3.8) is 0 Å². The number of nitrogens with zero attached hydrogens (tertiary/aromatic N) is 2. The third kappa shape index (κ3) is 2.76. The summed E-state index contributed by atoms with van der Waals surface area (Å²) in [7, 11) is -1.63. The second kappa shape index (κ2) is 5.14. The number of likely N-dealkylation sites (tertiary alicyclic amines) is 1. The minimum atomic E-state index is -3.44. The molecular formula is C13H22N4O2S. The molecule has 2 fully saturated rings. The number of hydrogen-bond donors (Lipinski definition) is 2. The van der Waals surface area contributed by atoms with Crippen LogP contribution in [-0.2, 0) is 23.6 Å². The number of rotatable bonds is 5. The Hall–Kier alpha value is -0.890. The van der Waals surface area contributed by atoms with Gasteiger partial charge in [-0.25, -0.2) is 13.1 Å². The molecule has 20 heavy (non-hydrogen) atoms. The van der Waals surface area contributed by atoms with Gasteiger partial charge in [-0.1, -0.05) is 0 Å². The summed E-state index contributed by atoms with van der Waals surface area (Å²) >= 11 is 0. The number of nitrogens with one attached hydrogen (secondary N) is 1. The molecule has 6 nitrogen and oxygen atoms in total. The average molecular weight is 298 g/mol. The molecule has 7 heteroatoms. The van der Waals surface area contributed by atoms with Crippen molar-refractivity contribution >= 4 is 10.0 Å². The summed E-state index contributed by atoms with van der Waals surface area (Å²) < 4.78 is 29.3. The van der Waals surface area contributed by atoms with Crippen LogP contribution in [-0.4, -0.2) is 43.1 Å². The Morgan fingerprint density at radius 1 is 1.40 bits per heavy atom. The minimum Gasteiger partial charge on any atom is -0.352 e. The summed E-state index contributed by atoms with van der Waals surface area (Å²) in [6.07, 6.45) is 5.04. The second-order valence-corrected chi connectivity index (χ2v) is 7.53. The first-order chi connectivity index (χ1) is 9.49. The summed E-state index contributed by atoms with van der Waals surface area (Å²) in [5.41, 5.74) is 6.40. The van der Waals surface area contributed by atoms with Gasteiger partial charge in [0.2, 0.25) is 10.0 Å². The van der Waals surface area contributed by atoms with Crippen LogP contribution in [0.1, 0.15) is 25.0 Å². The lowest BCUT2D eigenvalue weighted by molar-refractivity contribution is 0.322. The van der Waals surface area contributed by atoms with Crippen LogP contribution in [0.25, 0.3) is 0 Å². The largest absolute Gasteiger partial charge is 0.352 e. The molecule has 0 amide bonds. The molecule has 2 heterocycles. The van der Waals surface area contributed by atoms with Gasteiger partial charge in [0.15, 0.2) is 0 Å². The Morgan fingerprint density at radius 3 is 2.75 bits per heavy atom. The van der Waals surface area contributed by atoms with Crippen LogP contribution in [0.2, 0.25) is 0 Å². The molecule has 1 aliphatic carbocycles. The van der Waals surface area contributed by atoms with Gasteiger partial charge in [-0.15, -0.1) is 0 Å². The Balaban J connectivity index is 1.68. The molecule has 1 saturated heterocycles. The van der Waals surface area contributed by atoms with E-state index in [1.54, 1.807) is 16.8 Å². The van der Waals surface area contributed by atoms with Crippen LogP contribution in [0.3, 0.4) is 0 Å². The van der Waals surface area contributed by atoms with E-state index in [0.29, 0.717) is 17.5 Å². The van der Waals surface area contributed by atoms with E-state index in [2.05, 4.69) is 9.62 Å². The van der Waals surface area contributed by atoms with E-state index in [9.17, 15) is 8.42 Å². The molecule has 0 aromatic carbocycles. The van der Waals surface area contributed by atoms with Crippen molar-refractivity contribution in [3.05, 3.63) is 18.0 Å². The smallest absolute Gasteiger partial charge is 0.242 e. The maximum atomic E-state index is 12.4. The molecule has 1 atom stereocenters. The Kier molecular flexibility index (Phi) is 3.62. The molecule has 1 aromatic heterocycles. The molecule has 1 saturated carbocycles. The summed E-state index contributed by atoms with van der Waals surface area (Å²) in [4.78, 5) is 2.70. The van der Waals surface area contributed by atoms with Crippen molar-refractivity contribution < 1.29 is 8.42 Å². The van der Waals surface area contributed by atoms with E-state index in [0.717, 1.165) is 25.2 Å². The van der Waals surface area contributed by atoms with Gasteiger partial charge in [0.1, 0.15) is 0 Å². The monoisotopic (exact) mass is 298 g/mol. The Labute approximate surface area is 120 Å². The standard InChI is InChI=1S/C13H22N4O2S/c1-16-9-13(6-12(16)7-14)20(18,19)15-10-4-5-17(8-10)11-2-3-11/h6,9-11,15H,2-5,7-8,14H2,1H3. The number of hydrogen-bond acceptors (Lipinski definition) is 4. The fourth-order valence-electron chi connectivity index (χ4n) is 2.87.